The first-order valence-corrected chi connectivity index (χ1v) is 12.7. The van der Waals surface area contributed by atoms with Crippen LogP contribution in [0.5, 0.6) is 5.75 Å². The van der Waals surface area contributed by atoms with Gasteiger partial charge in [0.1, 0.15) is 5.75 Å². The third kappa shape index (κ3) is 5.14. The van der Waals surface area contributed by atoms with Crippen molar-refractivity contribution >= 4 is 28.2 Å². The van der Waals surface area contributed by atoms with Gasteiger partial charge in [-0.2, -0.15) is 0 Å². The van der Waals surface area contributed by atoms with Gasteiger partial charge >= 0.3 is 0 Å². The molecule has 0 spiro atoms. The van der Waals surface area contributed by atoms with E-state index in [0.29, 0.717) is 23.4 Å². The number of rotatable bonds is 6. The van der Waals surface area contributed by atoms with Gasteiger partial charge in [0.2, 0.25) is 0 Å². The number of fused-ring (bicyclic) bond motifs is 1. The van der Waals surface area contributed by atoms with Crippen molar-refractivity contribution in [2.75, 3.05) is 43.5 Å². The van der Waals surface area contributed by atoms with Gasteiger partial charge in [-0.3, -0.25) is 9.59 Å². The number of H-pyrrole nitrogens is 1. The zero-order valence-corrected chi connectivity index (χ0v) is 20.4. The van der Waals surface area contributed by atoms with Gasteiger partial charge in [0.25, 0.3) is 11.5 Å². The van der Waals surface area contributed by atoms with Crippen LogP contribution in [0.2, 0.25) is 0 Å². The summed E-state index contributed by atoms with van der Waals surface area (Å²) in [6, 6.07) is 13.7. The van der Waals surface area contributed by atoms with Crippen LogP contribution in [0, 0.1) is 0 Å². The summed E-state index contributed by atoms with van der Waals surface area (Å²) in [5.41, 5.74) is 3.79. The number of pyridine rings is 1. The van der Waals surface area contributed by atoms with Crippen molar-refractivity contribution < 1.29 is 9.53 Å². The monoisotopic (exact) mass is 474 g/mol. The van der Waals surface area contributed by atoms with E-state index in [1.807, 2.05) is 41.3 Å². The summed E-state index contributed by atoms with van der Waals surface area (Å²) in [5.74, 6) is 0.777. The number of nitrogens with zero attached hydrogens (tertiary/aromatic N) is 2. The molecule has 3 heterocycles. The molecule has 2 aliphatic rings. The van der Waals surface area contributed by atoms with E-state index in [2.05, 4.69) is 21.3 Å². The van der Waals surface area contributed by atoms with Crippen molar-refractivity contribution in [3.05, 3.63) is 63.9 Å². The number of piperidine rings is 2. The molecule has 3 aromatic rings. The first kappa shape index (κ1) is 23.3. The van der Waals surface area contributed by atoms with Crippen LogP contribution in [0.1, 0.15) is 54.4 Å². The second-order valence-electron chi connectivity index (χ2n) is 9.56. The Bertz CT molecular complexity index is 1260. The second kappa shape index (κ2) is 10.4. The number of likely N-dealkylation sites (tertiary alicyclic amines) is 1. The average Bonchev–Trinajstić information content (AvgIpc) is 2.92. The number of aromatic amines is 1. The van der Waals surface area contributed by atoms with Crippen LogP contribution >= 0.6 is 0 Å². The normalized spacial score (nSPS) is 16.4. The van der Waals surface area contributed by atoms with Crippen LogP contribution < -0.4 is 20.5 Å². The molecule has 5 rings (SSSR count). The minimum absolute atomic E-state index is 0.0746. The van der Waals surface area contributed by atoms with Gasteiger partial charge in [0.15, 0.2) is 0 Å². The Morgan fingerprint density at radius 1 is 0.943 bits per heavy atom. The maximum absolute atomic E-state index is 13.6. The molecule has 2 aromatic carbocycles. The molecular weight excluding hydrogens is 440 g/mol. The molecule has 2 N–H and O–H groups in total. The molecule has 1 aromatic heterocycles. The SMILES string of the molecule is COc1ccc2cc(CNc3ccc(N4CCCCC4)cc3C(=O)N3CCCCC3)c(=O)[nH]c2c1. The number of nitrogens with one attached hydrogen (secondary N) is 2. The second-order valence-corrected chi connectivity index (χ2v) is 9.56. The van der Waals surface area contributed by atoms with Gasteiger partial charge in [-0.15, -0.1) is 0 Å². The number of benzene rings is 2. The Hall–Kier alpha value is -3.48. The summed E-state index contributed by atoms with van der Waals surface area (Å²) in [4.78, 5) is 33.6. The van der Waals surface area contributed by atoms with Crippen LogP contribution in [0.3, 0.4) is 0 Å². The first-order chi connectivity index (χ1) is 17.1. The number of carbonyl (C=O) groups is 1. The molecule has 2 fully saturated rings. The average molecular weight is 475 g/mol. The first-order valence-electron chi connectivity index (χ1n) is 12.7. The van der Waals surface area contributed by atoms with Crippen molar-refractivity contribution in [2.24, 2.45) is 0 Å². The van der Waals surface area contributed by atoms with Gasteiger partial charge in [-0.25, -0.2) is 0 Å². The quantitative estimate of drug-likeness (QED) is 0.538. The van der Waals surface area contributed by atoms with Gasteiger partial charge in [0.05, 0.1) is 18.2 Å². The van der Waals surface area contributed by atoms with Crippen LogP contribution in [0.25, 0.3) is 10.9 Å². The zero-order valence-electron chi connectivity index (χ0n) is 20.4. The predicted molar refractivity (Wildman–Crippen MR) is 141 cm³/mol. The van der Waals surface area contributed by atoms with Crippen molar-refractivity contribution in [3.63, 3.8) is 0 Å². The molecule has 35 heavy (non-hydrogen) atoms. The van der Waals surface area contributed by atoms with E-state index in [4.69, 9.17) is 4.74 Å². The maximum atomic E-state index is 13.6. The Kier molecular flexibility index (Phi) is 6.93. The molecule has 7 nitrogen and oxygen atoms in total. The highest BCUT2D eigenvalue weighted by Crippen LogP contribution is 2.28. The molecule has 0 unspecified atom stereocenters. The van der Waals surface area contributed by atoms with Crippen molar-refractivity contribution in [3.8, 4) is 5.75 Å². The van der Waals surface area contributed by atoms with Crippen LogP contribution in [-0.2, 0) is 6.54 Å². The lowest BCUT2D eigenvalue weighted by Crippen LogP contribution is -2.36. The fourth-order valence-electron chi connectivity index (χ4n) is 5.15. The zero-order chi connectivity index (χ0) is 24.2. The Balaban J connectivity index is 1.42. The van der Waals surface area contributed by atoms with E-state index in [-0.39, 0.29) is 11.5 Å². The molecule has 0 atom stereocenters. The van der Waals surface area contributed by atoms with E-state index in [1.54, 1.807) is 7.11 Å². The number of amides is 1. The summed E-state index contributed by atoms with van der Waals surface area (Å²) < 4.78 is 5.26. The minimum Gasteiger partial charge on any atom is -0.497 e. The molecule has 0 saturated carbocycles. The van der Waals surface area contributed by atoms with E-state index >= 15 is 0 Å². The highest BCUT2D eigenvalue weighted by molar-refractivity contribution is 6.00. The van der Waals surface area contributed by atoms with Crippen LogP contribution in [0.4, 0.5) is 11.4 Å². The lowest BCUT2D eigenvalue weighted by Gasteiger charge is -2.31. The van der Waals surface area contributed by atoms with Crippen LogP contribution in [0.15, 0.2) is 47.3 Å². The third-order valence-electron chi connectivity index (χ3n) is 7.20. The molecule has 184 valence electrons. The largest absolute Gasteiger partial charge is 0.497 e. The van der Waals surface area contributed by atoms with E-state index < -0.39 is 0 Å². The number of ether oxygens (including phenoxy) is 1. The number of aromatic nitrogens is 1. The fourth-order valence-corrected chi connectivity index (χ4v) is 5.15. The van der Waals surface area contributed by atoms with Gasteiger partial charge in [0, 0.05) is 55.7 Å². The maximum Gasteiger partial charge on any atom is 0.256 e. The fraction of sp³-hybridized carbons (Fsp3) is 0.429. The number of methoxy groups -OCH3 is 1. The summed E-state index contributed by atoms with van der Waals surface area (Å²) in [6.07, 6.45) is 6.93. The van der Waals surface area contributed by atoms with Gasteiger partial charge in [-0.05, 0) is 80.3 Å². The molecule has 7 heteroatoms. The molecule has 1 amide bonds. The number of hydrogen-bond donors (Lipinski definition) is 2. The van der Waals surface area contributed by atoms with Crippen molar-refractivity contribution in [1.82, 2.24) is 9.88 Å². The Labute approximate surface area is 206 Å². The Morgan fingerprint density at radius 3 is 2.43 bits per heavy atom. The van der Waals surface area contributed by atoms with Crippen molar-refractivity contribution in [2.45, 2.75) is 45.1 Å². The summed E-state index contributed by atoms with van der Waals surface area (Å²) in [7, 11) is 1.61. The topological polar surface area (TPSA) is 77.7 Å². The van der Waals surface area contributed by atoms with E-state index in [9.17, 15) is 9.59 Å². The summed E-state index contributed by atoms with van der Waals surface area (Å²) in [5, 5.41) is 4.33. The third-order valence-corrected chi connectivity index (χ3v) is 7.20. The summed E-state index contributed by atoms with van der Waals surface area (Å²) >= 11 is 0. The Morgan fingerprint density at radius 2 is 1.69 bits per heavy atom. The minimum atomic E-state index is -0.146. The predicted octanol–water partition coefficient (Wildman–Crippen LogP) is 4.77. The van der Waals surface area contributed by atoms with Gasteiger partial charge < -0.3 is 24.8 Å². The highest BCUT2D eigenvalue weighted by Gasteiger charge is 2.23. The van der Waals surface area contributed by atoms with Gasteiger partial charge in [-0.1, -0.05) is 0 Å². The van der Waals surface area contributed by atoms with E-state index in [0.717, 1.165) is 61.3 Å². The lowest BCUT2D eigenvalue weighted by atomic mass is 10.0. The van der Waals surface area contributed by atoms with Crippen LogP contribution in [-0.4, -0.2) is 49.1 Å². The molecular formula is C28H34N4O3. The number of anilines is 2. The highest BCUT2D eigenvalue weighted by atomic mass is 16.5. The van der Waals surface area contributed by atoms with E-state index in [1.165, 1.54) is 25.7 Å². The molecule has 2 aliphatic heterocycles. The molecule has 0 aliphatic carbocycles. The lowest BCUT2D eigenvalue weighted by molar-refractivity contribution is 0.0725. The molecule has 0 bridgehead atoms. The smallest absolute Gasteiger partial charge is 0.256 e. The molecule has 0 radical (unpaired) electrons. The summed E-state index contributed by atoms with van der Waals surface area (Å²) in [6.45, 7) is 4.00. The number of carbonyl (C=O) groups excluding carboxylic acids is 1. The van der Waals surface area contributed by atoms with Crippen molar-refractivity contribution in [1.29, 1.82) is 0 Å². The molecule has 2 saturated heterocycles. The number of hydrogen-bond acceptors (Lipinski definition) is 5. The standard InChI is InChI=1S/C28H34N4O3/c1-35-23-10-8-20-16-21(27(33)30-26(20)18-23)19-29-25-11-9-22(31-12-4-2-5-13-31)17-24(25)28(34)32-14-6-3-7-15-32/h8-11,16-18,29H,2-7,12-15,19H2,1H3,(H,30,33).